The Hall–Kier alpha value is -1.20. The number of halogens is 1. The van der Waals surface area contributed by atoms with Crippen molar-refractivity contribution in [1.29, 1.82) is 0 Å². The minimum Gasteiger partial charge on any atom is -0.391 e. The third kappa shape index (κ3) is 3.43. The molecule has 0 aliphatic heterocycles. The van der Waals surface area contributed by atoms with E-state index in [9.17, 15) is 10.1 Å². The Kier molecular flexibility index (Phi) is 5.14. The minimum absolute atomic E-state index is 0.0415. The zero-order valence-corrected chi connectivity index (χ0v) is 10.2. The topological polar surface area (TPSA) is 63.4 Å². The van der Waals surface area contributed by atoms with Gasteiger partial charge >= 0.3 is 0 Å². The van der Waals surface area contributed by atoms with Gasteiger partial charge in [0.25, 0.3) is 5.69 Å². The van der Waals surface area contributed by atoms with Crippen LogP contribution in [0, 0.1) is 10.1 Å². The van der Waals surface area contributed by atoms with Crippen LogP contribution in [0.25, 0.3) is 6.08 Å². The van der Waals surface area contributed by atoms with E-state index in [1.165, 1.54) is 6.07 Å². The highest BCUT2D eigenvalue weighted by atomic mass is 79.9. The summed E-state index contributed by atoms with van der Waals surface area (Å²) in [7, 11) is 0. The summed E-state index contributed by atoms with van der Waals surface area (Å²) in [6, 6.07) is 4.71. The Morgan fingerprint density at radius 3 is 2.81 bits per heavy atom. The van der Waals surface area contributed by atoms with Gasteiger partial charge in [-0.25, -0.2) is 0 Å². The summed E-state index contributed by atoms with van der Waals surface area (Å²) >= 11 is 3.30. The molecule has 4 nitrogen and oxygen atoms in total. The molecule has 0 bridgehead atoms. The number of nitrogens with zero attached hydrogens (tertiary/aromatic N) is 1. The molecule has 0 atom stereocenters. The first kappa shape index (κ1) is 12.9. The Labute approximate surface area is 102 Å². The van der Waals surface area contributed by atoms with Crippen molar-refractivity contribution >= 4 is 27.7 Å². The molecule has 1 N–H and O–H groups in total. The van der Waals surface area contributed by atoms with Gasteiger partial charge in [0.2, 0.25) is 0 Å². The molecule has 1 rings (SSSR count). The fourth-order valence-electron chi connectivity index (χ4n) is 1.30. The van der Waals surface area contributed by atoms with Crippen molar-refractivity contribution < 1.29 is 10.0 Å². The van der Waals surface area contributed by atoms with Crippen molar-refractivity contribution in [1.82, 2.24) is 0 Å². The van der Waals surface area contributed by atoms with Crippen LogP contribution in [-0.4, -0.2) is 15.4 Å². The monoisotopic (exact) mass is 285 g/mol. The molecule has 0 heterocycles. The van der Waals surface area contributed by atoms with E-state index in [4.69, 9.17) is 5.11 Å². The summed E-state index contributed by atoms with van der Waals surface area (Å²) in [4.78, 5) is 10.1. The van der Waals surface area contributed by atoms with E-state index in [2.05, 4.69) is 15.9 Å². The first-order valence-corrected chi connectivity index (χ1v) is 5.92. The number of allylic oxidation sites excluding steroid dienone is 1. The molecule has 0 radical (unpaired) electrons. The Morgan fingerprint density at radius 2 is 2.25 bits per heavy atom. The molecule has 1 aromatic rings. The second-order valence-electron chi connectivity index (χ2n) is 3.18. The predicted octanol–water partition coefficient (Wildman–Crippen LogP) is 2.89. The van der Waals surface area contributed by atoms with Gasteiger partial charge in [-0.15, -0.1) is 0 Å². The normalized spacial score (nSPS) is 10.9. The molecule has 0 unspecified atom stereocenters. The van der Waals surface area contributed by atoms with Crippen LogP contribution in [0.4, 0.5) is 5.69 Å². The van der Waals surface area contributed by atoms with Crippen LogP contribution in [0.1, 0.15) is 17.5 Å². The summed E-state index contributed by atoms with van der Waals surface area (Å²) in [5.74, 6) is 0. The predicted molar refractivity (Wildman–Crippen MR) is 66.5 cm³/mol. The number of hydrogen-bond donors (Lipinski definition) is 1. The van der Waals surface area contributed by atoms with Crippen molar-refractivity contribution in [3.05, 3.63) is 45.5 Å². The van der Waals surface area contributed by atoms with Gasteiger partial charge in [-0.1, -0.05) is 28.1 Å². The van der Waals surface area contributed by atoms with E-state index in [0.29, 0.717) is 5.56 Å². The number of nitro groups is 1. The maximum atomic E-state index is 10.6. The fraction of sp³-hybridized carbons (Fsp3) is 0.273. The first-order chi connectivity index (χ1) is 7.69. The molecule has 0 spiro atoms. The van der Waals surface area contributed by atoms with Crippen molar-refractivity contribution in [2.75, 3.05) is 5.33 Å². The lowest BCUT2D eigenvalue weighted by atomic mass is 10.1. The molecule has 16 heavy (non-hydrogen) atoms. The van der Waals surface area contributed by atoms with Crippen LogP contribution in [0.3, 0.4) is 0 Å². The summed E-state index contributed by atoms with van der Waals surface area (Å²) in [6.45, 7) is -0.323. The number of benzene rings is 1. The molecular weight excluding hydrogens is 274 g/mol. The standard InChI is InChI=1S/C11H12BrNO3/c12-6-2-1-3-9-4-5-11(13(15)16)10(7-9)8-14/h1,3-5,7,14H,2,6,8H2. The average Bonchev–Trinajstić information content (AvgIpc) is 2.29. The molecule has 86 valence electrons. The zero-order chi connectivity index (χ0) is 12.0. The van der Waals surface area contributed by atoms with Crippen LogP contribution in [0.2, 0.25) is 0 Å². The Bertz CT molecular complexity index is 404. The summed E-state index contributed by atoms with van der Waals surface area (Å²) in [5, 5.41) is 20.5. The highest BCUT2D eigenvalue weighted by Crippen LogP contribution is 2.20. The molecule has 0 aliphatic carbocycles. The summed E-state index contributed by atoms with van der Waals surface area (Å²) in [5.41, 5.74) is 1.15. The number of aliphatic hydroxyl groups is 1. The smallest absolute Gasteiger partial charge is 0.274 e. The van der Waals surface area contributed by atoms with Crippen LogP contribution in [0.15, 0.2) is 24.3 Å². The molecule has 0 saturated heterocycles. The zero-order valence-electron chi connectivity index (χ0n) is 8.60. The lowest BCUT2D eigenvalue weighted by molar-refractivity contribution is -0.385. The van der Waals surface area contributed by atoms with Gasteiger partial charge < -0.3 is 5.11 Å². The van der Waals surface area contributed by atoms with E-state index in [1.807, 2.05) is 12.2 Å². The van der Waals surface area contributed by atoms with Crippen molar-refractivity contribution in [3.63, 3.8) is 0 Å². The lowest BCUT2D eigenvalue weighted by Gasteiger charge is -2.00. The third-order valence-electron chi connectivity index (χ3n) is 2.06. The van der Waals surface area contributed by atoms with Crippen molar-refractivity contribution in [3.8, 4) is 0 Å². The van der Waals surface area contributed by atoms with Gasteiger partial charge in [0.1, 0.15) is 0 Å². The van der Waals surface area contributed by atoms with Crippen LogP contribution in [-0.2, 0) is 6.61 Å². The molecule has 5 heteroatoms. The van der Waals surface area contributed by atoms with Gasteiger partial charge in [0.05, 0.1) is 17.1 Å². The molecule has 0 saturated carbocycles. The summed E-state index contributed by atoms with van der Waals surface area (Å²) < 4.78 is 0. The third-order valence-corrected chi connectivity index (χ3v) is 2.51. The summed E-state index contributed by atoms with van der Waals surface area (Å²) in [6.07, 6.45) is 4.74. The number of nitro benzene ring substituents is 1. The average molecular weight is 286 g/mol. The molecule has 0 aliphatic rings. The molecule has 0 fully saturated rings. The SMILES string of the molecule is O=[N+]([O-])c1ccc(C=CCCBr)cc1CO. The largest absolute Gasteiger partial charge is 0.391 e. The second kappa shape index (κ2) is 6.40. The Morgan fingerprint density at radius 1 is 1.50 bits per heavy atom. The lowest BCUT2D eigenvalue weighted by Crippen LogP contribution is -1.95. The van der Waals surface area contributed by atoms with Gasteiger partial charge in [-0.3, -0.25) is 10.1 Å². The quantitative estimate of drug-likeness (QED) is 0.514. The minimum atomic E-state index is -0.489. The van der Waals surface area contributed by atoms with Crippen LogP contribution < -0.4 is 0 Å². The highest BCUT2D eigenvalue weighted by molar-refractivity contribution is 9.09. The number of hydrogen-bond acceptors (Lipinski definition) is 3. The number of alkyl halides is 1. The van der Waals surface area contributed by atoms with E-state index >= 15 is 0 Å². The van der Waals surface area contributed by atoms with Gasteiger partial charge in [-0.05, 0) is 24.1 Å². The van der Waals surface area contributed by atoms with Crippen LogP contribution in [0.5, 0.6) is 0 Å². The van der Waals surface area contributed by atoms with Crippen molar-refractivity contribution in [2.45, 2.75) is 13.0 Å². The van der Waals surface area contributed by atoms with E-state index in [1.54, 1.807) is 12.1 Å². The number of aliphatic hydroxyl groups excluding tert-OH is 1. The fourth-order valence-corrected chi connectivity index (χ4v) is 1.56. The Balaban J connectivity index is 2.95. The first-order valence-electron chi connectivity index (χ1n) is 4.79. The van der Waals surface area contributed by atoms with Gasteiger partial charge in [-0.2, -0.15) is 0 Å². The van der Waals surface area contributed by atoms with E-state index < -0.39 is 4.92 Å². The van der Waals surface area contributed by atoms with E-state index in [0.717, 1.165) is 17.3 Å². The van der Waals surface area contributed by atoms with Gasteiger partial charge in [0.15, 0.2) is 0 Å². The highest BCUT2D eigenvalue weighted by Gasteiger charge is 2.12. The maximum Gasteiger partial charge on any atom is 0.274 e. The van der Waals surface area contributed by atoms with Gasteiger partial charge in [0, 0.05) is 11.4 Å². The molecular formula is C11H12BrNO3. The number of rotatable bonds is 5. The molecule has 0 amide bonds. The van der Waals surface area contributed by atoms with Crippen LogP contribution >= 0.6 is 15.9 Å². The maximum absolute atomic E-state index is 10.6. The second-order valence-corrected chi connectivity index (χ2v) is 3.98. The van der Waals surface area contributed by atoms with E-state index in [-0.39, 0.29) is 12.3 Å². The molecule has 0 aromatic heterocycles. The molecule has 1 aromatic carbocycles. The van der Waals surface area contributed by atoms with Crippen molar-refractivity contribution in [2.24, 2.45) is 0 Å².